The first kappa shape index (κ1) is 21.7. The van der Waals surface area contributed by atoms with Gasteiger partial charge < -0.3 is 9.64 Å². The number of rotatable bonds is 8. The molecule has 1 amide bonds. The maximum Gasteiger partial charge on any atom is 0.273 e. The van der Waals surface area contributed by atoms with E-state index in [0.717, 1.165) is 16.7 Å². The summed E-state index contributed by atoms with van der Waals surface area (Å²) < 4.78 is 5.19. The van der Waals surface area contributed by atoms with E-state index in [-0.39, 0.29) is 17.6 Å². The smallest absolute Gasteiger partial charge is 0.273 e. The quantitative estimate of drug-likeness (QED) is 0.315. The molecule has 0 bridgehead atoms. The van der Waals surface area contributed by atoms with E-state index in [1.54, 1.807) is 19.2 Å². The SMILES string of the molecule is COCCCN1C(=O)c2[nH]nc(-c3ccc([N+](=O)[O-])cc3)c2C1c1ccc(C(C)C)cc1. The Morgan fingerprint density at radius 3 is 2.44 bits per heavy atom. The lowest BCUT2D eigenvalue weighted by molar-refractivity contribution is -0.384. The van der Waals surface area contributed by atoms with E-state index in [2.05, 4.69) is 48.3 Å². The summed E-state index contributed by atoms with van der Waals surface area (Å²) in [6.45, 7) is 5.40. The molecule has 8 heteroatoms. The van der Waals surface area contributed by atoms with Gasteiger partial charge in [-0.15, -0.1) is 0 Å². The Bertz CT molecular complexity index is 1120. The highest BCUT2D eigenvalue weighted by atomic mass is 16.6. The highest BCUT2D eigenvalue weighted by Gasteiger charge is 2.41. The molecule has 0 fully saturated rings. The van der Waals surface area contributed by atoms with Crippen LogP contribution < -0.4 is 0 Å². The molecule has 3 aromatic rings. The summed E-state index contributed by atoms with van der Waals surface area (Å²) in [5.41, 5.74) is 4.88. The second-order valence-corrected chi connectivity index (χ2v) is 8.23. The van der Waals surface area contributed by atoms with Crippen molar-refractivity contribution >= 4 is 11.6 Å². The average molecular weight is 434 g/mol. The third-order valence-corrected chi connectivity index (χ3v) is 5.88. The summed E-state index contributed by atoms with van der Waals surface area (Å²) in [5.74, 6) is 0.307. The van der Waals surface area contributed by atoms with Crippen LogP contribution in [0.1, 0.15) is 59.4 Å². The van der Waals surface area contributed by atoms with E-state index in [4.69, 9.17) is 4.74 Å². The topological polar surface area (TPSA) is 101 Å². The predicted molar refractivity (Wildman–Crippen MR) is 121 cm³/mol. The van der Waals surface area contributed by atoms with Crippen molar-refractivity contribution in [3.8, 4) is 11.3 Å². The minimum atomic E-state index is -0.432. The molecule has 1 unspecified atom stereocenters. The van der Waals surface area contributed by atoms with Crippen molar-refractivity contribution < 1.29 is 14.5 Å². The van der Waals surface area contributed by atoms with Crippen LogP contribution in [0.3, 0.4) is 0 Å². The monoisotopic (exact) mass is 434 g/mol. The highest BCUT2D eigenvalue weighted by molar-refractivity contribution is 6.00. The number of methoxy groups -OCH3 is 1. The average Bonchev–Trinajstić information content (AvgIpc) is 3.33. The van der Waals surface area contributed by atoms with Crippen LogP contribution in [0.2, 0.25) is 0 Å². The van der Waals surface area contributed by atoms with Gasteiger partial charge in [-0.3, -0.25) is 20.0 Å². The lowest BCUT2D eigenvalue weighted by Crippen LogP contribution is -2.31. The number of aromatic amines is 1. The molecule has 1 aliphatic rings. The van der Waals surface area contributed by atoms with Crippen LogP contribution in [0.5, 0.6) is 0 Å². The lowest BCUT2D eigenvalue weighted by Gasteiger charge is -2.26. The van der Waals surface area contributed by atoms with Crippen molar-refractivity contribution in [2.24, 2.45) is 0 Å². The minimum absolute atomic E-state index is 0.0130. The van der Waals surface area contributed by atoms with Crippen LogP contribution in [0.25, 0.3) is 11.3 Å². The number of ether oxygens (including phenoxy) is 1. The minimum Gasteiger partial charge on any atom is -0.385 e. The molecule has 0 saturated heterocycles. The number of aromatic nitrogens is 2. The molecule has 166 valence electrons. The summed E-state index contributed by atoms with van der Waals surface area (Å²) in [5, 5.41) is 18.4. The number of nitrogens with one attached hydrogen (secondary N) is 1. The molecule has 0 spiro atoms. The number of non-ortho nitro benzene ring substituents is 1. The van der Waals surface area contributed by atoms with Gasteiger partial charge in [0.2, 0.25) is 0 Å². The van der Waals surface area contributed by atoms with Gasteiger partial charge in [0.25, 0.3) is 11.6 Å². The van der Waals surface area contributed by atoms with Crippen molar-refractivity contribution in [3.63, 3.8) is 0 Å². The summed E-state index contributed by atoms with van der Waals surface area (Å²) in [6.07, 6.45) is 0.716. The van der Waals surface area contributed by atoms with Gasteiger partial charge in [0.15, 0.2) is 0 Å². The summed E-state index contributed by atoms with van der Waals surface area (Å²) >= 11 is 0. The fourth-order valence-electron chi connectivity index (χ4n) is 4.18. The molecule has 0 aliphatic carbocycles. The van der Waals surface area contributed by atoms with Gasteiger partial charge in [0.05, 0.1) is 16.7 Å². The molecule has 1 aromatic heterocycles. The van der Waals surface area contributed by atoms with Crippen molar-refractivity contribution in [1.29, 1.82) is 0 Å². The number of hydrogen-bond donors (Lipinski definition) is 1. The zero-order chi connectivity index (χ0) is 22.8. The Kier molecular flexibility index (Phi) is 6.05. The first-order valence-electron chi connectivity index (χ1n) is 10.6. The van der Waals surface area contributed by atoms with Gasteiger partial charge in [-0.2, -0.15) is 5.10 Å². The molecule has 2 heterocycles. The summed E-state index contributed by atoms with van der Waals surface area (Å²) in [4.78, 5) is 25.7. The van der Waals surface area contributed by atoms with Gasteiger partial charge in [0, 0.05) is 43.5 Å². The second-order valence-electron chi connectivity index (χ2n) is 8.23. The Hall–Kier alpha value is -3.52. The van der Waals surface area contributed by atoms with Crippen molar-refractivity contribution in [2.45, 2.75) is 32.2 Å². The van der Waals surface area contributed by atoms with Crippen LogP contribution in [0, 0.1) is 10.1 Å². The van der Waals surface area contributed by atoms with E-state index < -0.39 is 4.92 Å². The van der Waals surface area contributed by atoms with E-state index in [0.29, 0.717) is 36.9 Å². The fraction of sp³-hybridized carbons (Fsp3) is 0.333. The number of fused-ring (bicyclic) bond motifs is 1. The van der Waals surface area contributed by atoms with E-state index in [9.17, 15) is 14.9 Å². The predicted octanol–water partition coefficient (Wildman–Crippen LogP) is 4.69. The third-order valence-electron chi connectivity index (χ3n) is 5.88. The van der Waals surface area contributed by atoms with Crippen LogP contribution in [0.4, 0.5) is 5.69 Å². The molecule has 1 aliphatic heterocycles. The van der Waals surface area contributed by atoms with Gasteiger partial charge in [0.1, 0.15) is 5.69 Å². The van der Waals surface area contributed by atoms with Crippen LogP contribution >= 0.6 is 0 Å². The molecule has 1 N–H and O–H groups in total. The molecule has 4 rings (SSSR count). The number of carbonyl (C=O) groups is 1. The zero-order valence-corrected chi connectivity index (χ0v) is 18.4. The number of hydrogen-bond acceptors (Lipinski definition) is 5. The zero-order valence-electron chi connectivity index (χ0n) is 18.4. The van der Waals surface area contributed by atoms with Gasteiger partial charge >= 0.3 is 0 Å². The maximum atomic E-state index is 13.3. The first-order valence-corrected chi connectivity index (χ1v) is 10.6. The normalized spacial score (nSPS) is 15.4. The Balaban J connectivity index is 1.78. The van der Waals surface area contributed by atoms with Crippen molar-refractivity contribution in [3.05, 3.63) is 81.0 Å². The van der Waals surface area contributed by atoms with Gasteiger partial charge in [-0.25, -0.2) is 0 Å². The van der Waals surface area contributed by atoms with E-state index >= 15 is 0 Å². The second kappa shape index (κ2) is 8.92. The molecule has 0 radical (unpaired) electrons. The van der Waals surface area contributed by atoms with Gasteiger partial charge in [-0.05, 0) is 35.6 Å². The number of carbonyl (C=O) groups excluding carboxylic acids is 1. The molecular formula is C24H26N4O4. The Labute approximate surface area is 186 Å². The van der Waals surface area contributed by atoms with Crippen molar-refractivity contribution in [1.82, 2.24) is 15.1 Å². The Morgan fingerprint density at radius 1 is 1.16 bits per heavy atom. The largest absolute Gasteiger partial charge is 0.385 e. The third kappa shape index (κ3) is 3.89. The standard InChI is InChI=1S/C24H26N4O4/c1-15(2)16-5-7-18(8-6-16)23-20-21(17-9-11-19(12-10-17)28(30)31)25-26-22(20)24(29)27(23)13-4-14-32-3/h5-12,15,23H,4,13-14H2,1-3H3,(H,25,26). The maximum absolute atomic E-state index is 13.3. The summed E-state index contributed by atoms with van der Waals surface area (Å²) in [7, 11) is 1.65. The lowest BCUT2D eigenvalue weighted by atomic mass is 9.93. The molecule has 0 saturated carbocycles. The molecule has 2 aromatic carbocycles. The Morgan fingerprint density at radius 2 is 1.84 bits per heavy atom. The van der Waals surface area contributed by atoms with Crippen LogP contribution in [-0.4, -0.2) is 46.2 Å². The molecule has 1 atom stereocenters. The van der Waals surface area contributed by atoms with Gasteiger partial charge in [-0.1, -0.05) is 38.1 Å². The van der Waals surface area contributed by atoms with Crippen LogP contribution in [-0.2, 0) is 4.74 Å². The number of amides is 1. The fourth-order valence-corrected chi connectivity index (χ4v) is 4.18. The molecular weight excluding hydrogens is 408 g/mol. The number of benzene rings is 2. The molecule has 8 nitrogen and oxygen atoms in total. The number of nitro groups is 1. The molecule has 32 heavy (non-hydrogen) atoms. The van der Waals surface area contributed by atoms with E-state index in [1.165, 1.54) is 17.7 Å². The van der Waals surface area contributed by atoms with E-state index in [1.807, 2.05) is 4.90 Å². The number of nitro benzene ring substituents is 1. The van der Waals surface area contributed by atoms with Crippen LogP contribution in [0.15, 0.2) is 48.5 Å². The van der Waals surface area contributed by atoms with Crippen molar-refractivity contribution in [2.75, 3.05) is 20.3 Å². The highest BCUT2D eigenvalue weighted by Crippen LogP contribution is 2.43. The number of nitrogens with zero attached hydrogens (tertiary/aromatic N) is 3. The first-order chi connectivity index (χ1) is 15.4. The number of H-pyrrole nitrogens is 1. The summed E-state index contributed by atoms with van der Waals surface area (Å²) in [6, 6.07) is 14.3.